The number of piperidine rings is 1. The van der Waals surface area contributed by atoms with Crippen molar-refractivity contribution in [2.45, 2.75) is 36.7 Å². The highest BCUT2D eigenvalue weighted by Gasteiger charge is 2.21. The normalized spacial score (nSPS) is 15.8. The van der Waals surface area contributed by atoms with Gasteiger partial charge in [0.05, 0.1) is 22.6 Å². The Hall–Kier alpha value is -3.05. The number of hydrogen-bond donors (Lipinski definition) is 2. The first-order chi connectivity index (χ1) is 14.3. The number of urea groups is 1. The van der Waals surface area contributed by atoms with Gasteiger partial charge in [-0.1, -0.05) is 12.1 Å². The molecule has 0 saturated carbocycles. The largest absolute Gasteiger partial charge is 0.371 e. The van der Waals surface area contributed by atoms with Crippen LogP contribution < -0.4 is 15.5 Å². The van der Waals surface area contributed by atoms with Crippen LogP contribution in [-0.4, -0.2) is 39.8 Å². The molecule has 3 rings (SSSR count). The Labute approximate surface area is 177 Å². The molecule has 158 valence electrons. The van der Waals surface area contributed by atoms with Gasteiger partial charge >= 0.3 is 6.03 Å². The Bertz CT molecular complexity index is 1020. The summed E-state index contributed by atoms with van der Waals surface area (Å²) in [5.41, 5.74) is 2.57. The number of nitrogens with zero attached hydrogens (tertiary/aromatic N) is 2. The van der Waals surface area contributed by atoms with Crippen LogP contribution in [-0.2, 0) is 9.84 Å². The molecule has 1 fully saturated rings. The van der Waals surface area contributed by atoms with Gasteiger partial charge in [0.2, 0.25) is 0 Å². The topological polar surface area (TPSA) is 102 Å². The minimum Gasteiger partial charge on any atom is -0.371 e. The van der Waals surface area contributed by atoms with Crippen LogP contribution >= 0.6 is 0 Å². The second kappa shape index (κ2) is 9.18. The van der Waals surface area contributed by atoms with Crippen LogP contribution in [0.3, 0.4) is 0 Å². The SMILES string of the molecule is CC(NC(=O)NC1CCN(c2ccc(C#N)cc2)CC1)c1ccc(S(C)(=O)=O)cc1. The number of nitriles is 1. The Morgan fingerprint density at radius 2 is 1.70 bits per heavy atom. The van der Waals surface area contributed by atoms with Crippen molar-refractivity contribution >= 4 is 21.6 Å². The molecule has 0 spiro atoms. The minimum absolute atomic E-state index is 0.0967. The van der Waals surface area contributed by atoms with Crippen LogP contribution in [0.5, 0.6) is 0 Å². The molecular weight excluding hydrogens is 400 g/mol. The number of carbonyl (C=O) groups is 1. The van der Waals surface area contributed by atoms with E-state index in [2.05, 4.69) is 21.6 Å². The van der Waals surface area contributed by atoms with E-state index in [1.54, 1.807) is 24.3 Å². The molecule has 30 heavy (non-hydrogen) atoms. The van der Waals surface area contributed by atoms with E-state index in [0.717, 1.165) is 37.2 Å². The standard InChI is InChI=1S/C22H26N4O3S/c1-16(18-5-9-21(10-6-18)30(2,28)29)24-22(27)25-19-11-13-26(14-12-19)20-7-3-17(15-23)4-8-20/h3-10,16,19H,11-14H2,1-2H3,(H2,24,25,27). The first kappa shape index (κ1) is 21.7. The molecule has 1 aliphatic heterocycles. The highest BCUT2D eigenvalue weighted by molar-refractivity contribution is 7.90. The third-order valence-electron chi connectivity index (χ3n) is 5.35. The average molecular weight is 427 g/mol. The predicted octanol–water partition coefficient (Wildman–Crippen LogP) is 2.99. The zero-order valence-corrected chi connectivity index (χ0v) is 17.9. The Kier molecular flexibility index (Phi) is 6.63. The molecule has 0 aliphatic carbocycles. The second-order valence-corrected chi connectivity index (χ2v) is 9.62. The van der Waals surface area contributed by atoms with Gasteiger partial charge in [0.25, 0.3) is 0 Å². The van der Waals surface area contributed by atoms with Crippen molar-refractivity contribution in [3.05, 3.63) is 59.7 Å². The molecule has 2 aromatic carbocycles. The number of benzene rings is 2. The van der Waals surface area contributed by atoms with Gasteiger partial charge in [-0.3, -0.25) is 0 Å². The van der Waals surface area contributed by atoms with E-state index in [1.807, 2.05) is 31.2 Å². The maximum Gasteiger partial charge on any atom is 0.315 e. The molecular formula is C22H26N4O3S. The third-order valence-corrected chi connectivity index (χ3v) is 6.48. The van der Waals surface area contributed by atoms with Crippen molar-refractivity contribution < 1.29 is 13.2 Å². The predicted molar refractivity (Wildman–Crippen MR) is 116 cm³/mol. The molecule has 1 atom stereocenters. The lowest BCUT2D eigenvalue weighted by molar-refractivity contribution is 0.231. The van der Waals surface area contributed by atoms with Crippen molar-refractivity contribution in [3.63, 3.8) is 0 Å². The summed E-state index contributed by atoms with van der Waals surface area (Å²) in [6, 6.07) is 15.8. The molecule has 1 saturated heterocycles. The molecule has 0 radical (unpaired) electrons. The van der Waals surface area contributed by atoms with E-state index in [4.69, 9.17) is 5.26 Å². The fraction of sp³-hybridized carbons (Fsp3) is 0.364. The number of hydrogen-bond acceptors (Lipinski definition) is 5. The van der Waals surface area contributed by atoms with Gasteiger partial charge in [0.1, 0.15) is 0 Å². The van der Waals surface area contributed by atoms with Gasteiger partial charge in [-0.2, -0.15) is 5.26 Å². The lowest BCUT2D eigenvalue weighted by Gasteiger charge is -2.34. The Morgan fingerprint density at radius 1 is 1.10 bits per heavy atom. The number of anilines is 1. The highest BCUT2D eigenvalue weighted by atomic mass is 32.2. The third kappa shape index (κ3) is 5.51. The number of carbonyl (C=O) groups excluding carboxylic acids is 1. The van der Waals surface area contributed by atoms with E-state index < -0.39 is 9.84 Å². The molecule has 1 heterocycles. The number of rotatable bonds is 5. The van der Waals surface area contributed by atoms with Crippen LogP contribution in [0, 0.1) is 11.3 Å². The monoisotopic (exact) mass is 426 g/mol. The second-order valence-electron chi connectivity index (χ2n) is 7.60. The summed E-state index contributed by atoms with van der Waals surface area (Å²) in [6.07, 6.45) is 2.85. The molecule has 0 bridgehead atoms. The minimum atomic E-state index is -3.23. The highest BCUT2D eigenvalue weighted by Crippen LogP contribution is 2.21. The lowest BCUT2D eigenvalue weighted by atomic mass is 10.0. The molecule has 1 aliphatic rings. The first-order valence-corrected chi connectivity index (χ1v) is 11.8. The first-order valence-electron chi connectivity index (χ1n) is 9.88. The van der Waals surface area contributed by atoms with Crippen molar-refractivity contribution in [2.75, 3.05) is 24.2 Å². The van der Waals surface area contributed by atoms with Crippen molar-refractivity contribution in [1.29, 1.82) is 5.26 Å². The summed E-state index contributed by atoms with van der Waals surface area (Å²) < 4.78 is 23.1. The van der Waals surface area contributed by atoms with Crippen molar-refractivity contribution in [1.82, 2.24) is 10.6 Å². The fourth-order valence-electron chi connectivity index (χ4n) is 3.54. The maximum atomic E-state index is 12.4. The van der Waals surface area contributed by atoms with Gasteiger partial charge < -0.3 is 15.5 Å². The molecule has 0 aromatic heterocycles. The quantitative estimate of drug-likeness (QED) is 0.765. The number of sulfone groups is 1. The average Bonchev–Trinajstić information content (AvgIpc) is 2.74. The van der Waals surface area contributed by atoms with Crippen LogP contribution in [0.25, 0.3) is 0 Å². The summed E-state index contributed by atoms with van der Waals surface area (Å²) in [7, 11) is -3.23. The summed E-state index contributed by atoms with van der Waals surface area (Å²) in [4.78, 5) is 14.9. The summed E-state index contributed by atoms with van der Waals surface area (Å²) >= 11 is 0. The number of amides is 2. The van der Waals surface area contributed by atoms with E-state index in [9.17, 15) is 13.2 Å². The van der Waals surface area contributed by atoms with Gasteiger partial charge in [-0.15, -0.1) is 0 Å². The molecule has 2 aromatic rings. The Morgan fingerprint density at radius 3 is 2.23 bits per heavy atom. The molecule has 2 N–H and O–H groups in total. The van der Waals surface area contributed by atoms with Gasteiger partial charge in [0.15, 0.2) is 9.84 Å². The van der Waals surface area contributed by atoms with Gasteiger partial charge in [-0.25, -0.2) is 13.2 Å². The summed E-state index contributed by atoms with van der Waals surface area (Å²) in [5.74, 6) is 0. The van der Waals surface area contributed by atoms with E-state index in [-0.39, 0.29) is 23.0 Å². The number of nitrogens with one attached hydrogen (secondary N) is 2. The van der Waals surface area contributed by atoms with Crippen LogP contribution in [0.15, 0.2) is 53.4 Å². The molecule has 1 unspecified atom stereocenters. The molecule has 2 amide bonds. The zero-order chi connectivity index (χ0) is 21.7. The fourth-order valence-corrected chi connectivity index (χ4v) is 4.17. The van der Waals surface area contributed by atoms with Crippen molar-refractivity contribution in [3.8, 4) is 6.07 Å². The van der Waals surface area contributed by atoms with Crippen LogP contribution in [0.1, 0.15) is 36.9 Å². The van der Waals surface area contributed by atoms with Gasteiger partial charge in [-0.05, 0) is 61.7 Å². The lowest BCUT2D eigenvalue weighted by Crippen LogP contribution is -2.48. The maximum absolute atomic E-state index is 12.4. The zero-order valence-electron chi connectivity index (χ0n) is 17.1. The van der Waals surface area contributed by atoms with Crippen molar-refractivity contribution in [2.24, 2.45) is 0 Å². The smallest absolute Gasteiger partial charge is 0.315 e. The molecule has 8 heteroatoms. The van der Waals surface area contributed by atoms with Crippen LogP contribution in [0.4, 0.5) is 10.5 Å². The molecule has 7 nitrogen and oxygen atoms in total. The van der Waals surface area contributed by atoms with E-state index >= 15 is 0 Å². The van der Waals surface area contributed by atoms with E-state index in [1.165, 1.54) is 6.26 Å². The van der Waals surface area contributed by atoms with E-state index in [0.29, 0.717) is 5.56 Å². The summed E-state index contributed by atoms with van der Waals surface area (Å²) in [6.45, 7) is 3.53. The Balaban J connectivity index is 1.48. The van der Waals surface area contributed by atoms with Gasteiger partial charge in [0, 0.05) is 31.1 Å². The summed E-state index contributed by atoms with van der Waals surface area (Å²) in [5, 5.41) is 14.8. The van der Waals surface area contributed by atoms with Crippen LogP contribution in [0.2, 0.25) is 0 Å².